The van der Waals surface area contributed by atoms with Gasteiger partial charge >= 0.3 is 5.97 Å². The lowest BCUT2D eigenvalue weighted by Gasteiger charge is -2.21. The van der Waals surface area contributed by atoms with Gasteiger partial charge in [0.25, 0.3) is 0 Å². The average molecular weight is 341 g/mol. The van der Waals surface area contributed by atoms with Crippen molar-refractivity contribution in [3.63, 3.8) is 0 Å². The van der Waals surface area contributed by atoms with Crippen LogP contribution in [0.2, 0.25) is 0 Å². The van der Waals surface area contributed by atoms with Crippen LogP contribution in [0.4, 0.5) is 0 Å². The van der Waals surface area contributed by atoms with Gasteiger partial charge in [-0.25, -0.2) is 4.79 Å². The van der Waals surface area contributed by atoms with Crippen molar-refractivity contribution in [3.05, 3.63) is 0 Å². The van der Waals surface area contributed by atoms with Crippen molar-refractivity contribution in [2.45, 2.75) is 33.7 Å². The van der Waals surface area contributed by atoms with Gasteiger partial charge in [-0.05, 0) is 26.4 Å². The van der Waals surface area contributed by atoms with Crippen molar-refractivity contribution in [1.82, 2.24) is 5.32 Å². The number of carbonyl (C=O) groups is 2. The van der Waals surface area contributed by atoms with E-state index in [1.54, 1.807) is 6.92 Å². The van der Waals surface area contributed by atoms with Crippen molar-refractivity contribution in [2.24, 2.45) is 5.92 Å². The fraction of sp³-hybridized carbons (Fsp3) is 0.833. The zero-order valence-electron chi connectivity index (χ0n) is 12.7. The molecule has 0 aromatic heterocycles. The van der Waals surface area contributed by atoms with E-state index < -0.39 is 17.5 Å². The molecule has 0 rings (SSSR count). The van der Waals surface area contributed by atoms with Crippen molar-refractivity contribution in [3.8, 4) is 0 Å². The number of hydrogen-bond donors (Lipinski definition) is 1. The third-order valence-corrected chi connectivity index (χ3v) is 7.28. The van der Waals surface area contributed by atoms with E-state index in [0.29, 0.717) is 13.2 Å². The molecule has 5 nitrogen and oxygen atoms in total. The summed E-state index contributed by atoms with van der Waals surface area (Å²) in [6.45, 7) is 10.0. The molecule has 0 aliphatic carbocycles. The maximum atomic E-state index is 11.9. The van der Waals surface area contributed by atoms with E-state index in [4.69, 9.17) is 21.1 Å². The molecule has 0 bridgehead atoms. The summed E-state index contributed by atoms with van der Waals surface area (Å²) in [5, 5.41) is 2.70. The summed E-state index contributed by atoms with van der Waals surface area (Å²) >= 11 is 6.63. The minimum Gasteiger partial charge on any atom is -0.464 e. The van der Waals surface area contributed by atoms with E-state index in [0.717, 1.165) is 0 Å². The van der Waals surface area contributed by atoms with Crippen LogP contribution in [-0.4, -0.2) is 43.5 Å². The Morgan fingerprint density at radius 2 is 1.90 bits per heavy atom. The molecule has 0 saturated carbocycles. The van der Waals surface area contributed by atoms with E-state index in [1.807, 2.05) is 27.4 Å². The van der Waals surface area contributed by atoms with E-state index in [1.165, 1.54) is 11.4 Å². The second kappa shape index (κ2) is 9.77. The van der Waals surface area contributed by atoms with Gasteiger partial charge in [-0.1, -0.05) is 37.0 Å². The second-order valence-electron chi connectivity index (χ2n) is 4.50. The Morgan fingerprint density at radius 3 is 2.35 bits per heavy atom. The van der Waals surface area contributed by atoms with Crippen LogP contribution < -0.4 is 5.32 Å². The summed E-state index contributed by atoms with van der Waals surface area (Å²) in [7, 11) is 0. The van der Waals surface area contributed by atoms with Gasteiger partial charge in [0.15, 0.2) is 0 Å². The minimum atomic E-state index is -1.98. The second-order valence-corrected chi connectivity index (χ2v) is 12.5. The quantitative estimate of drug-likeness (QED) is 0.513. The Balaban J connectivity index is 4.41. The predicted octanol–water partition coefficient (Wildman–Crippen LogP) is 2.40. The van der Waals surface area contributed by atoms with Crippen LogP contribution in [0.15, 0.2) is 0 Å². The molecule has 2 atom stereocenters. The first-order chi connectivity index (χ1) is 9.23. The average Bonchev–Trinajstić information content (AvgIpc) is 2.33. The molecule has 20 heavy (non-hydrogen) atoms. The highest BCUT2D eigenvalue weighted by Crippen LogP contribution is 2.56. The van der Waals surface area contributed by atoms with E-state index in [9.17, 15) is 9.59 Å². The highest BCUT2D eigenvalue weighted by molar-refractivity contribution is 8.69. The minimum absolute atomic E-state index is 0.0282. The van der Waals surface area contributed by atoms with Crippen LogP contribution in [0.3, 0.4) is 0 Å². The third kappa shape index (κ3) is 8.25. The Hall–Kier alpha value is -0.100. The van der Waals surface area contributed by atoms with Crippen LogP contribution in [0.5, 0.6) is 0 Å². The highest BCUT2D eigenvalue weighted by atomic mass is 32.9. The molecule has 0 unspecified atom stereocenters. The zero-order chi connectivity index (χ0) is 15.8. The van der Waals surface area contributed by atoms with Crippen LogP contribution in [0.1, 0.15) is 27.7 Å². The third-order valence-electron chi connectivity index (χ3n) is 2.32. The number of hydrogen-bond acceptors (Lipinski definition) is 6. The number of rotatable bonds is 9. The van der Waals surface area contributed by atoms with Gasteiger partial charge in [0, 0.05) is 6.61 Å². The zero-order valence-corrected chi connectivity index (χ0v) is 15.2. The van der Waals surface area contributed by atoms with Gasteiger partial charge in [0.1, 0.15) is 11.5 Å². The molecule has 8 heteroatoms. The standard InChI is InChI=1S/C12H24NO4PS2/c1-6-16-12(15)11(9(3)4)13-10(14)8-20-18(5,19)17-7-2/h9,11H,6-8H2,1-5H3,(H,13,14)/t11-,18-/m0/s1. The van der Waals surface area contributed by atoms with Crippen LogP contribution in [-0.2, 0) is 30.7 Å². The van der Waals surface area contributed by atoms with Crippen molar-refractivity contribution < 1.29 is 18.8 Å². The predicted molar refractivity (Wildman–Crippen MR) is 87.7 cm³/mol. The fourth-order valence-corrected chi connectivity index (χ4v) is 4.76. The molecule has 0 fully saturated rings. The number of ether oxygens (including phenoxy) is 1. The molecule has 0 aliphatic rings. The topological polar surface area (TPSA) is 64.6 Å². The van der Waals surface area contributed by atoms with Crippen molar-refractivity contribution >= 4 is 40.5 Å². The summed E-state index contributed by atoms with van der Waals surface area (Å²) in [6, 6.07) is -0.621. The highest BCUT2D eigenvalue weighted by Gasteiger charge is 2.25. The summed E-state index contributed by atoms with van der Waals surface area (Å²) in [4.78, 5) is 23.6. The molecular formula is C12H24NO4PS2. The Bertz CT molecular complexity index is 376. The first kappa shape index (κ1) is 19.9. The Labute approximate surface area is 130 Å². The van der Waals surface area contributed by atoms with E-state index in [2.05, 4.69) is 5.32 Å². The van der Waals surface area contributed by atoms with Gasteiger partial charge in [-0.15, -0.1) is 0 Å². The van der Waals surface area contributed by atoms with Gasteiger partial charge < -0.3 is 14.6 Å². The monoisotopic (exact) mass is 341 g/mol. The van der Waals surface area contributed by atoms with E-state index >= 15 is 0 Å². The van der Waals surface area contributed by atoms with Gasteiger partial charge in [0.05, 0.1) is 12.4 Å². The lowest BCUT2D eigenvalue weighted by Crippen LogP contribution is -2.46. The largest absolute Gasteiger partial charge is 0.464 e. The number of amides is 1. The molecule has 0 aliphatic heterocycles. The van der Waals surface area contributed by atoms with E-state index in [-0.39, 0.29) is 17.6 Å². The smallest absolute Gasteiger partial charge is 0.328 e. The molecule has 0 radical (unpaired) electrons. The first-order valence-electron chi connectivity index (χ1n) is 6.56. The SMILES string of the molecule is CCOC(=O)[C@@H](NC(=O)CS[P@](C)(=S)OCC)C(C)C. The van der Waals surface area contributed by atoms with Crippen LogP contribution in [0, 0.1) is 5.92 Å². The summed E-state index contributed by atoms with van der Waals surface area (Å²) < 4.78 is 10.4. The molecule has 1 amide bonds. The van der Waals surface area contributed by atoms with Gasteiger partial charge in [-0.2, -0.15) is 0 Å². The van der Waals surface area contributed by atoms with Gasteiger partial charge in [0.2, 0.25) is 5.91 Å². The molecule has 0 heterocycles. The Morgan fingerprint density at radius 1 is 1.30 bits per heavy atom. The molecule has 0 saturated heterocycles. The molecular weight excluding hydrogens is 317 g/mol. The number of esters is 1. The first-order valence-corrected chi connectivity index (χ1v) is 11.3. The lowest BCUT2D eigenvalue weighted by molar-refractivity contribution is -0.148. The molecule has 0 aromatic carbocycles. The summed E-state index contributed by atoms with van der Waals surface area (Å²) in [6.07, 6.45) is 0. The van der Waals surface area contributed by atoms with Crippen LogP contribution >= 0.6 is 16.8 Å². The number of carbonyl (C=O) groups excluding carboxylic acids is 2. The summed E-state index contributed by atoms with van der Waals surface area (Å²) in [5.41, 5.74) is -1.98. The maximum Gasteiger partial charge on any atom is 0.328 e. The molecule has 0 spiro atoms. The molecule has 0 aromatic rings. The van der Waals surface area contributed by atoms with Crippen molar-refractivity contribution in [1.29, 1.82) is 0 Å². The lowest BCUT2D eigenvalue weighted by atomic mass is 10.0. The maximum absolute atomic E-state index is 11.9. The normalized spacial score (nSPS) is 15.5. The Kier molecular flexibility index (Phi) is 9.72. The van der Waals surface area contributed by atoms with Gasteiger partial charge in [-0.3, -0.25) is 4.79 Å². The van der Waals surface area contributed by atoms with Crippen LogP contribution in [0.25, 0.3) is 0 Å². The fourth-order valence-electron chi connectivity index (χ4n) is 1.39. The number of nitrogens with one attached hydrogen (secondary N) is 1. The van der Waals surface area contributed by atoms with Crippen molar-refractivity contribution in [2.75, 3.05) is 25.6 Å². The molecule has 118 valence electrons. The summed E-state index contributed by atoms with van der Waals surface area (Å²) in [5.74, 6) is -0.463. The molecule has 1 N–H and O–H groups in total.